The molecule has 0 saturated carbocycles. The third-order valence-corrected chi connectivity index (χ3v) is 4.26. The first-order valence-electron chi connectivity index (χ1n) is 6.16. The highest BCUT2D eigenvalue weighted by Gasteiger charge is 2.40. The number of aliphatic hydroxyl groups excluding tert-OH is 1. The molecular formula is C13H17ClN2O. The van der Waals surface area contributed by atoms with Gasteiger partial charge in [0.1, 0.15) is 0 Å². The molecule has 0 aromatic heterocycles. The number of hydrogen-bond donors (Lipinski definition) is 2. The Kier molecular flexibility index (Phi) is 2.68. The summed E-state index contributed by atoms with van der Waals surface area (Å²) in [7, 11) is 0. The molecule has 1 aromatic carbocycles. The second kappa shape index (κ2) is 4.07. The maximum absolute atomic E-state index is 9.79. The minimum absolute atomic E-state index is 0.142. The van der Waals surface area contributed by atoms with Gasteiger partial charge in [0, 0.05) is 17.8 Å². The molecular weight excluding hydrogens is 236 g/mol. The van der Waals surface area contributed by atoms with Crippen LogP contribution >= 0.6 is 11.6 Å². The number of rotatable bonds is 1. The van der Waals surface area contributed by atoms with E-state index >= 15 is 0 Å². The Morgan fingerprint density at radius 2 is 1.88 bits per heavy atom. The molecule has 0 amide bonds. The molecule has 2 unspecified atom stereocenters. The first kappa shape index (κ1) is 11.2. The summed E-state index contributed by atoms with van der Waals surface area (Å²) >= 11 is 6.27. The van der Waals surface area contributed by atoms with Gasteiger partial charge in [-0.25, -0.2) is 0 Å². The van der Waals surface area contributed by atoms with Crippen molar-refractivity contribution in [3.8, 4) is 0 Å². The van der Waals surface area contributed by atoms with Gasteiger partial charge >= 0.3 is 0 Å². The molecule has 2 atom stereocenters. The summed E-state index contributed by atoms with van der Waals surface area (Å²) in [5.41, 5.74) is 7.49. The van der Waals surface area contributed by atoms with Crippen molar-refractivity contribution in [2.75, 3.05) is 10.6 Å². The summed E-state index contributed by atoms with van der Waals surface area (Å²) in [5.74, 6) is 0. The highest BCUT2D eigenvalue weighted by atomic mass is 35.5. The molecule has 2 aliphatic rings. The number of anilines is 2. The smallest absolute Gasteiger partial charge is 0.0660 e. The summed E-state index contributed by atoms with van der Waals surface area (Å²) < 4.78 is 0. The summed E-state index contributed by atoms with van der Waals surface area (Å²) in [6, 6.07) is 6.57. The van der Waals surface area contributed by atoms with Crippen LogP contribution in [0.2, 0.25) is 5.02 Å². The quantitative estimate of drug-likeness (QED) is 0.755. The third kappa shape index (κ3) is 1.87. The topological polar surface area (TPSA) is 49.5 Å². The van der Waals surface area contributed by atoms with Gasteiger partial charge in [-0.2, -0.15) is 0 Å². The van der Waals surface area contributed by atoms with Gasteiger partial charge in [-0.15, -0.1) is 0 Å². The lowest BCUT2D eigenvalue weighted by molar-refractivity contribution is 0.126. The van der Waals surface area contributed by atoms with Crippen molar-refractivity contribution in [2.45, 2.75) is 43.9 Å². The number of fused-ring (bicyclic) bond motifs is 2. The minimum atomic E-state index is -0.142. The Balaban J connectivity index is 1.94. The van der Waals surface area contributed by atoms with Crippen LogP contribution in [-0.4, -0.2) is 23.3 Å². The van der Waals surface area contributed by atoms with Crippen LogP contribution < -0.4 is 10.6 Å². The van der Waals surface area contributed by atoms with Crippen LogP contribution in [0.5, 0.6) is 0 Å². The zero-order chi connectivity index (χ0) is 12.0. The van der Waals surface area contributed by atoms with Crippen LogP contribution in [0, 0.1) is 0 Å². The van der Waals surface area contributed by atoms with E-state index in [1.807, 2.05) is 12.1 Å². The highest BCUT2D eigenvalue weighted by Crippen LogP contribution is 2.42. The normalized spacial score (nSPS) is 31.9. The van der Waals surface area contributed by atoms with E-state index in [1.165, 1.54) is 0 Å². The van der Waals surface area contributed by atoms with Crippen LogP contribution in [0.25, 0.3) is 0 Å². The summed E-state index contributed by atoms with van der Waals surface area (Å²) in [6.07, 6.45) is 3.88. The molecule has 1 aromatic rings. The first-order valence-corrected chi connectivity index (χ1v) is 6.54. The summed E-state index contributed by atoms with van der Waals surface area (Å²) in [6.45, 7) is 0. The molecule has 2 fully saturated rings. The van der Waals surface area contributed by atoms with E-state index in [0.29, 0.717) is 17.8 Å². The van der Waals surface area contributed by atoms with Crippen LogP contribution in [0.4, 0.5) is 11.4 Å². The minimum Gasteiger partial charge on any atom is -0.399 e. The van der Waals surface area contributed by atoms with Gasteiger partial charge < -0.3 is 15.7 Å². The van der Waals surface area contributed by atoms with Crippen LogP contribution in [0.1, 0.15) is 25.7 Å². The molecule has 0 spiro atoms. The van der Waals surface area contributed by atoms with Crippen molar-refractivity contribution in [3.63, 3.8) is 0 Å². The second-order valence-electron chi connectivity index (χ2n) is 5.13. The fraction of sp³-hybridized carbons (Fsp3) is 0.538. The van der Waals surface area contributed by atoms with Crippen molar-refractivity contribution < 1.29 is 5.11 Å². The van der Waals surface area contributed by atoms with Crippen molar-refractivity contribution in [1.29, 1.82) is 0 Å². The molecule has 3 nitrogen and oxygen atoms in total. The lowest BCUT2D eigenvalue weighted by Crippen LogP contribution is -2.44. The first-order chi connectivity index (χ1) is 8.15. The fourth-order valence-corrected chi connectivity index (χ4v) is 3.56. The average Bonchev–Trinajstić information content (AvgIpc) is 2.53. The van der Waals surface area contributed by atoms with Gasteiger partial charge in [0.2, 0.25) is 0 Å². The number of benzene rings is 1. The van der Waals surface area contributed by atoms with E-state index in [4.69, 9.17) is 17.3 Å². The van der Waals surface area contributed by atoms with Gasteiger partial charge in [-0.1, -0.05) is 11.6 Å². The van der Waals surface area contributed by atoms with Gasteiger partial charge in [0.15, 0.2) is 0 Å². The van der Waals surface area contributed by atoms with E-state index in [9.17, 15) is 5.11 Å². The molecule has 2 heterocycles. The molecule has 2 aliphatic heterocycles. The molecule has 3 N–H and O–H groups in total. The number of hydrogen-bond acceptors (Lipinski definition) is 3. The van der Waals surface area contributed by atoms with Gasteiger partial charge in [0.05, 0.1) is 16.8 Å². The lowest BCUT2D eigenvalue weighted by atomic mass is 9.99. The Bertz CT molecular complexity index is 423. The second-order valence-corrected chi connectivity index (χ2v) is 5.54. The van der Waals surface area contributed by atoms with Crippen LogP contribution in [-0.2, 0) is 0 Å². The zero-order valence-electron chi connectivity index (χ0n) is 9.64. The number of nitrogens with zero attached hydrogens (tertiary/aromatic N) is 1. The molecule has 92 valence electrons. The SMILES string of the molecule is Nc1ccc(N2C3CCC2CC(O)C3)c(Cl)c1. The Labute approximate surface area is 106 Å². The van der Waals surface area contributed by atoms with Crippen molar-refractivity contribution in [3.05, 3.63) is 23.2 Å². The van der Waals surface area contributed by atoms with E-state index in [1.54, 1.807) is 6.07 Å². The lowest BCUT2D eigenvalue weighted by Gasteiger charge is -2.39. The molecule has 17 heavy (non-hydrogen) atoms. The summed E-state index contributed by atoms with van der Waals surface area (Å²) in [5, 5.41) is 10.5. The monoisotopic (exact) mass is 252 g/mol. The van der Waals surface area contributed by atoms with Crippen molar-refractivity contribution in [1.82, 2.24) is 0 Å². The molecule has 2 bridgehead atoms. The number of nitrogens with two attached hydrogens (primary N) is 1. The molecule has 4 heteroatoms. The number of aliphatic hydroxyl groups is 1. The van der Waals surface area contributed by atoms with E-state index < -0.39 is 0 Å². The number of piperidine rings is 1. The predicted molar refractivity (Wildman–Crippen MR) is 70.4 cm³/mol. The van der Waals surface area contributed by atoms with E-state index in [-0.39, 0.29) is 6.10 Å². The Morgan fingerprint density at radius 3 is 2.47 bits per heavy atom. The predicted octanol–water partition coefficient (Wildman–Crippen LogP) is 2.41. The molecule has 2 saturated heterocycles. The largest absolute Gasteiger partial charge is 0.399 e. The van der Waals surface area contributed by atoms with Gasteiger partial charge in [-0.3, -0.25) is 0 Å². The van der Waals surface area contributed by atoms with Crippen molar-refractivity contribution >= 4 is 23.0 Å². The molecule has 0 aliphatic carbocycles. The van der Waals surface area contributed by atoms with Crippen LogP contribution in [0.3, 0.4) is 0 Å². The molecule has 3 rings (SSSR count). The third-order valence-electron chi connectivity index (χ3n) is 3.96. The fourth-order valence-electron chi connectivity index (χ4n) is 3.27. The van der Waals surface area contributed by atoms with Crippen molar-refractivity contribution in [2.24, 2.45) is 0 Å². The Hall–Kier alpha value is -0.930. The van der Waals surface area contributed by atoms with Crippen LogP contribution in [0.15, 0.2) is 18.2 Å². The standard InChI is InChI=1S/C13H17ClN2O/c14-12-5-8(15)1-4-13(12)16-9-2-3-10(16)7-11(17)6-9/h1,4-5,9-11,17H,2-3,6-7,15H2. The zero-order valence-corrected chi connectivity index (χ0v) is 10.4. The van der Waals surface area contributed by atoms with E-state index in [2.05, 4.69) is 4.90 Å². The van der Waals surface area contributed by atoms with Gasteiger partial charge in [0.25, 0.3) is 0 Å². The Morgan fingerprint density at radius 1 is 1.24 bits per heavy atom. The highest BCUT2D eigenvalue weighted by molar-refractivity contribution is 6.33. The van der Waals surface area contributed by atoms with Gasteiger partial charge in [-0.05, 0) is 43.9 Å². The summed E-state index contributed by atoms with van der Waals surface area (Å²) in [4.78, 5) is 2.38. The number of nitrogen functional groups attached to an aromatic ring is 1. The maximum atomic E-state index is 9.79. The molecule has 0 radical (unpaired) electrons. The average molecular weight is 253 g/mol. The number of halogens is 1. The van der Waals surface area contributed by atoms with E-state index in [0.717, 1.165) is 36.4 Å². The maximum Gasteiger partial charge on any atom is 0.0660 e.